The fourth-order valence-corrected chi connectivity index (χ4v) is 3.73. The molecule has 0 unspecified atom stereocenters. The highest BCUT2D eigenvalue weighted by Crippen LogP contribution is 2.29. The molecule has 2 rings (SSSR count). The molecule has 2 nitrogen and oxygen atoms in total. The van der Waals surface area contributed by atoms with Crippen molar-refractivity contribution in [3.63, 3.8) is 0 Å². The molecule has 18 heavy (non-hydrogen) atoms. The predicted octanol–water partition coefficient (Wildman–Crippen LogP) is 4.02. The van der Waals surface area contributed by atoms with Crippen LogP contribution in [-0.2, 0) is 4.79 Å². The summed E-state index contributed by atoms with van der Waals surface area (Å²) in [6.07, 6.45) is 7.25. The first kappa shape index (κ1) is 13.8. The van der Waals surface area contributed by atoms with Crippen molar-refractivity contribution < 1.29 is 4.79 Å². The van der Waals surface area contributed by atoms with E-state index >= 15 is 0 Å². The number of benzene rings is 1. The highest BCUT2D eigenvalue weighted by molar-refractivity contribution is 8.00. The minimum absolute atomic E-state index is 0.116. The van der Waals surface area contributed by atoms with Gasteiger partial charge in [-0.15, -0.1) is 23.5 Å². The maximum atomic E-state index is 11.8. The molecule has 0 heterocycles. The third-order valence-corrected chi connectivity index (χ3v) is 5.20. The van der Waals surface area contributed by atoms with Gasteiger partial charge in [-0.2, -0.15) is 0 Å². The van der Waals surface area contributed by atoms with Crippen molar-refractivity contribution in [3.05, 3.63) is 24.3 Å². The summed E-state index contributed by atoms with van der Waals surface area (Å²) in [4.78, 5) is 13.0. The molecule has 4 heteroatoms. The summed E-state index contributed by atoms with van der Waals surface area (Å²) in [5.74, 6) is 0.693. The molecule has 1 aliphatic carbocycles. The Balaban J connectivity index is 1.78. The van der Waals surface area contributed by atoms with Crippen LogP contribution in [-0.4, -0.2) is 23.2 Å². The Bertz CT molecular complexity index is 403. The van der Waals surface area contributed by atoms with E-state index in [-0.39, 0.29) is 5.91 Å². The number of carbonyl (C=O) groups excluding carboxylic acids is 1. The Morgan fingerprint density at radius 2 is 2.17 bits per heavy atom. The topological polar surface area (TPSA) is 29.1 Å². The Morgan fingerprint density at radius 1 is 1.39 bits per heavy atom. The minimum atomic E-state index is 0.116. The van der Waals surface area contributed by atoms with E-state index in [4.69, 9.17) is 0 Å². The summed E-state index contributed by atoms with van der Waals surface area (Å²) in [6, 6.07) is 7.99. The molecular formula is C14H19NOS2. The fourth-order valence-electron chi connectivity index (χ4n) is 2.15. The normalized spacial score (nSPS) is 15.8. The number of amides is 1. The number of hydrogen-bond donors (Lipinski definition) is 1. The average molecular weight is 281 g/mol. The zero-order chi connectivity index (χ0) is 12.8. The molecule has 0 bridgehead atoms. The van der Waals surface area contributed by atoms with Crippen molar-refractivity contribution >= 4 is 35.1 Å². The van der Waals surface area contributed by atoms with Crippen molar-refractivity contribution in [1.82, 2.24) is 0 Å². The van der Waals surface area contributed by atoms with Gasteiger partial charge < -0.3 is 5.32 Å². The Hall–Kier alpha value is -0.610. The molecule has 0 atom stereocenters. The van der Waals surface area contributed by atoms with Crippen molar-refractivity contribution in [3.8, 4) is 0 Å². The van der Waals surface area contributed by atoms with E-state index in [0.717, 1.165) is 5.69 Å². The van der Waals surface area contributed by atoms with Gasteiger partial charge in [-0.1, -0.05) is 18.9 Å². The lowest BCUT2D eigenvalue weighted by Gasteiger charge is -2.09. The highest BCUT2D eigenvalue weighted by Gasteiger charge is 2.16. The van der Waals surface area contributed by atoms with Crippen LogP contribution in [0.1, 0.15) is 25.7 Å². The lowest BCUT2D eigenvalue weighted by atomic mass is 10.3. The Labute approximate surface area is 117 Å². The standard InChI is InChI=1S/C14H19NOS2/c1-17-13-8-4-5-11(9-13)15-14(16)10-18-12-6-2-3-7-12/h4-5,8-9,12H,2-3,6-7,10H2,1H3,(H,15,16). The first-order valence-electron chi connectivity index (χ1n) is 6.33. The molecule has 0 aromatic heterocycles. The molecule has 1 amide bonds. The fraction of sp³-hybridized carbons (Fsp3) is 0.500. The van der Waals surface area contributed by atoms with Gasteiger partial charge in [0, 0.05) is 15.8 Å². The van der Waals surface area contributed by atoms with Crippen LogP contribution in [0.4, 0.5) is 5.69 Å². The molecule has 1 saturated carbocycles. The van der Waals surface area contributed by atoms with Gasteiger partial charge in [0.1, 0.15) is 0 Å². The summed E-state index contributed by atoms with van der Waals surface area (Å²) in [7, 11) is 0. The zero-order valence-electron chi connectivity index (χ0n) is 10.6. The van der Waals surface area contributed by atoms with E-state index in [1.54, 1.807) is 23.5 Å². The average Bonchev–Trinajstić information content (AvgIpc) is 2.90. The van der Waals surface area contributed by atoms with Crippen LogP contribution >= 0.6 is 23.5 Å². The summed E-state index contributed by atoms with van der Waals surface area (Å²) in [6.45, 7) is 0. The SMILES string of the molecule is CSc1cccc(NC(=O)CSC2CCCC2)c1. The highest BCUT2D eigenvalue weighted by atomic mass is 32.2. The third kappa shape index (κ3) is 4.25. The molecular weight excluding hydrogens is 262 g/mol. The second kappa shape index (κ2) is 7.10. The molecule has 1 aromatic rings. The van der Waals surface area contributed by atoms with Crippen LogP contribution < -0.4 is 5.32 Å². The van der Waals surface area contributed by atoms with Crippen molar-refractivity contribution in [2.24, 2.45) is 0 Å². The van der Waals surface area contributed by atoms with Gasteiger partial charge in [-0.3, -0.25) is 4.79 Å². The first-order chi connectivity index (χ1) is 8.78. The number of carbonyl (C=O) groups is 1. The Morgan fingerprint density at radius 3 is 2.89 bits per heavy atom. The summed E-state index contributed by atoms with van der Waals surface area (Å²) < 4.78 is 0. The van der Waals surface area contributed by atoms with E-state index < -0.39 is 0 Å². The Kier molecular flexibility index (Phi) is 5.45. The van der Waals surface area contributed by atoms with Crippen LogP contribution in [0.2, 0.25) is 0 Å². The van der Waals surface area contributed by atoms with Gasteiger partial charge in [-0.05, 0) is 37.3 Å². The number of hydrogen-bond acceptors (Lipinski definition) is 3. The lowest BCUT2D eigenvalue weighted by molar-refractivity contribution is -0.113. The van der Waals surface area contributed by atoms with Gasteiger partial charge in [0.15, 0.2) is 0 Å². The molecule has 0 aliphatic heterocycles. The predicted molar refractivity (Wildman–Crippen MR) is 81.6 cm³/mol. The molecule has 1 N–H and O–H groups in total. The quantitative estimate of drug-likeness (QED) is 0.826. The van der Waals surface area contributed by atoms with Crippen LogP contribution in [0.25, 0.3) is 0 Å². The molecule has 1 aromatic carbocycles. The minimum Gasteiger partial charge on any atom is -0.325 e. The first-order valence-corrected chi connectivity index (χ1v) is 8.61. The van der Waals surface area contributed by atoms with E-state index in [9.17, 15) is 4.79 Å². The molecule has 1 aliphatic rings. The number of thioether (sulfide) groups is 2. The van der Waals surface area contributed by atoms with Gasteiger partial charge in [0.2, 0.25) is 5.91 Å². The second-order valence-corrected chi connectivity index (χ2v) is 6.67. The maximum Gasteiger partial charge on any atom is 0.234 e. The van der Waals surface area contributed by atoms with E-state index in [1.165, 1.54) is 30.6 Å². The monoisotopic (exact) mass is 281 g/mol. The maximum absolute atomic E-state index is 11.8. The van der Waals surface area contributed by atoms with Crippen LogP contribution in [0.5, 0.6) is 0 Å². The van der Waals surface area contributed by atoms with Gasteiger partial charge >= 0.3 is 0 Å². The van der Waals surface area contributed by atoms with Gasteiger partial charge in [0.25, 0.3) is 0 Å². The number of nitrogens with one attached hydrogen (secondary N) is 1. The van der Waals surface area contributed by atoms with Crippen molar-refractivity contribution in [1.29, 1.82) is 0 Å². The molecule has 0 saturated heterocycles. The molecule has 1 fully saturated rings. The van der Waals surface area contributed by atoms with Crippen molar-refractivity contribution in [2.75, 3.05) is 17.3 Å². The lowest BCUT2D eigenvalue weighted by Crippen LogP contribution is -2.15. The smallest absolute Gasteiger partial charge is 0.234 e. The molecule has 0 spiro atoms. The van der Waals surface area contributed by atoms with Crippen LogP contribution in [0, 0.1) is 0 Å². The van der Waals surface area contributed by atoms with Gasteiger partial charge in [0.05, 0.1) is 5.75 Å². The second-order valence-electron chi connectivity index (χ2n) is 4.50. The number of anilines is 1. The van der Waals surface area contributed by atoms with E-state index in [0.29, 0.717) is 11.0 Å². The largest absolute Gasteiger partial charge is 0.325 e. The van der Waals surface area contributed by atoms with Crippen molar-refractivity contribution in [2.45, 2.75) is 35.8 Å². The summed E-state index contributed by atoms with van der Waals surface area (Å²) >= 11 is 3.49. The van der Waals surface area contributed by atoms with Crippen LogP contribution in [0.15, 0.2) is 29.2 Å². The van der Waals surface area contributed by atoms with Crippen LogP contribution in [0.3, 0.4) is 0 Å². The third-order valence-electron chi connectivity index (χ3n) is 3.11. The molecule has 0 radical (unpaired) electrons. The summed E-state index contributed by atoms with van der Waals surface area (Å²) in [5, 5.41) is 3.67. The van der Waals surface area contributed by atoms with E-state index in [2.05, 4.69) is 5.32 Å². The number of rotatable bonds is 5. The molecule has 98 valence electrons. The summed E-state index contributed by atoms with van der Waals surface area (Å²) in [5.41, 5.74) is 0.902. The zero-order valence-corrected chi connectivity index (χ0v) is 12.3. The van der Waals surface area contributed by atoms with E-state index in [1.807, 2.05) is 30.5 Å². The van der Waals surface area contributed by atoms with Gasteiger partial charge in [-0.25, -0.2) is 0 Å².